The van der Waals surface area contributed by atoms with Crippen molar-refractivity contribution in [1.29, 1.82) is 0 Å². The maximum Gasteiger partial charge on any atom is 0.119 e. The van der Waals surface area contributed by atoms with Crippen LogP contribution in [0.4, 0.5) is 0 Å². The number of fused-ring (bicyclic) bond motifs is 4. The van der Waals surface area contributed by atoms with Crippen LogP contribution in [0.2, 0.25) is 0 Å². The van der Waals surface area contributed by atoms with Crippen molar-refractivity contribution in [1.82, 2.24) is 0 Å². The minimum absolute atomic E-state index is 0.792. The first-order chi connectivity index (χ1) is 25.1. The standard InChI is InChI=1S/C45H46N4O2/c1-4-5-6-7-8-9-10-11-12-19-37-38-24-26-42(48-38)44(31-15-13-17-35(28-31)50-2)40-22-20-33(46-40)30-34-21-23-41(47-34)45(43-27-25-39(37)49-43)32-16-14-18-36(29-32)51-3/h13-18,20-30H,4-12,19H2,1-3H3. The zero-order valence-electron chi connectivity index (χ0n) is 30.0. The Morgan fingerprint density at radius 1 is 0.510 bits per heavy atom. The van der Waals surface area contributed by atoms with Gasteiger partial charge in [-0.2, -0.15) is 0 Å². The van der Waals surface area contributed by atoms with Crippen LogP contribution in [0.5, 0.6) is 11.5 Å². The lowest BCUT2D eigenvalue weighted by atomic mass is 9.98. The molecule has 5 heterocycles. The molecule has 0 saturated carbocycles. The first kappa shape index (κ1) is 34.1. The summed E-state index contributed by atoms with van der Waals surface area (Å²) in [7, 11) is 3.39. The van der Waals surface area contributed by atoms with Crippen molar-refractivity contribution in [3.63, 3.8) is 0 Å². The summed E-state index contributed by atoms with van der Waals surface area (Å²) in [5.74, 6) is 1.58. The number of hydrogen-bond acceptors (Lipinski definition) is 6. The van der Waals surface area contributed by atoms with Gasteiger partial charge in [-0.05, 0) is 103 Å². The fourth-order valence-corrected chi connectivity index (χ4v) is 7.10. The van der Waals surface area contributed by atoms with Crippen LogP contribution in [-0.4, -0.2) is 37.1 Å². The summed E-state index contributed by atoms with van der Waals surface area (Å²) < 4.78 is 11.2. The predicted octanol–water partition coefficient (Wildman–Crippen LogP) is 10.9. The molecule has 0 spiro atoms. The molecule has 5 aliphatic heterocycles. The molecule has 258 valence electrons. The monoisotopic (exact) mass is 674 g/mol. The van der Waals surface area contributed by atoms with Crippen LogP contribution in [0.1, 0.15) is 82.3 Å². The van der Waals surface area contributed by atoms with Crippen molar-refractivity contribution < 1.29 is 9.47 Å². The summed E-state index contributed by atoms with van der Waals surface area (Å²) >= 11 is 0. The predicted molar refractivity (Wildman–Crippen MR) is 213 cm³/mol. The maximum atomic E-state index is 5.62. The molecular formula is C45H46N4O2. The molecule has 0 aliphatic carbocycles. The number of rotatable bonds is 14. The van der Waals surface area contributed by atoms with Gasteiger partial charge in [0.25, 0.3) is 0 Å². The third-order valence-corrected chi connectivity index (χ3v) is 9.79. The number of methoxy groups -OCH3 is 2. The number of allylic oxidation sites excluding steroid dienone is 12. The highest BCUT2D eigenvalue weighted by Gasteiger charge is 2.25. The molecule has 2 aromatic rings. The fourth-order valence-electron chi connectivity index (χ4n) is 7.10. The van der Waals surface area contributed by atoms with Crippen LogP contribution < -0.4 is 9.47 Å². The molecule has 6 nitrogen and oxygen atoms in total. The van der Waals surface area contributed by atoms with Gasteiger partial charge in [-0.3, -0.25) is 0 Å². The van der Waals surface area contributed by atoms with E-state index < -0.39 is 0 Å². The Balaban J connectivity index is 1.32. The Bertz CT molecular complexity index is 2030. The number of nitrogens with zero attached hydrogens (tertiary/aromatic N) is 4. The molecular weight excluding hydrogens is 629 g/mol. The largest absolute Gasteiger partial charge is 0.497 e. The third kappa shape index (κ3) is 7.86. The van der Waals surface area contributed by atoms with Gasteiger partial charge in [0.05, 0.1) is 59.9 Å². The van der Waals surface area contributed by atoms with E-state index in [4.69, 9.17) is 29.4 Å². The summed E-state index contributed by atoms with van der Waals surface area (Å²) in [6.45, 7) is 2.28. The Hall–Kier alpha value is -5.36. The molecule has 0 atom stereocenters. The van der Waals surface area contributed by atoms with Crippen molar-refractivity contribution in [2.45, 2.75) is 71.1 Å². The van der Waals surface area contributed by atoms with E-state index in [2.05, 4.69) is 67.6 Å². The van der Waals surface area contributed by atoms with Crippen molar-refractivity contribution >= 4 is 34.0 Å². The van der Waals surface area contributed by atoms with Crippen LogP contribution >= 0.6 is 0 Å². The van der Waals surface area contributed by atoms with Crippen LogP contribution in [0.25, 0.3) is 11.1 Å². The molecule has 2 aromatic carbocycles. The molecule has 0 aromatic heterocycles. The van der Waals surface area contributed by atoms with Crippen LogP contribution in [0.15, 0.2) is 152 Å². The lowest BCUT2D eigenvalue weighted by Gasteiger charge is -2.12. The normalized spacial score (nSPS) is 17.4. The van der Waals surface area contributed by atoms with Gasteiger partial charge < -0.3 is 9.47 Å². The Labute approximate surface area is 302 Å². The number of ether oxygens (including phenoxy) is 2. The number of benzene rings is 2. The summed E-state index contributed by atoms with van der Waals surface area (Å²) in [6.07, 6.45) is 31.2. The Morgan fingerprint density at radius 3 is 1.75 bits per heavy atom. The zero-order valence-corrected chi connectivity index (χ0v) is 30.0. The smallest absolute Gasteiger partial charge is 0.119 e. The molecule has 5 aliphatic rings. The summed E-state index contributed by atoms with van der Waals surface area (Å²) in [5, 5.41) is 0. The molecule has 0 amide bonds. The molecule has 51 heavy (non-hydrogen) atoms. The van der Waals surface area contributed by atoms with Gasteiger partial charge in [-0.1, -0.05) is 82.6 Å². The SMILES string of the molecule is CCCCCCCCCCCC1=C2C=CC(=N2)C(c2cccc(OC)c2)=C2C=CC(=N2)C=C2C=CC(=N2)C(c2cccc(OC)c2)=C2C=CC1=N2. The van der Waals surface area contributed by atoms with Gasteiger partial charge in [0.1, 0.15) is 11.5 Å². The number of aliphatic imine (C=N–C) groups is 4. The van der Waals surface area contributed by atoms with Crippen molar-refractivity contribution in [3.05, 3.63) is 143 Å². The lowest BCUT2D eigenvalue weighted by Crippen LogP contribution is -2.03. The van der Waals surface area contributed by atoms with Crippen LogP contribution in [-0.2, 0) is 0 Å². The van der Waals surface area contributed by atoms with Gasteiger partial charge in [0, 0.05) is 16.7 Å². The van der Waals surface area contributed by atoms with Crippen LogP contribution in [0, 0.1) is 0 Å². The quantitative estimate of drug-likeness (QED) is 0.187. The molecule has 0 N–H and O–H groups in total. The highest BCUT2D eigenvalue weighted by molar-refractivity contribution is 6.34. The van der Waals surface area contributed by atoms with Gasteiger partial charge in [0.2, 0.25) is 0 Å². The number of hydrogen-bond donors (Lipinski definition) is 0. The van der Waals surface area contributed by atoms with E-state index in [-0.39, 0.29) is 0 Å². The highest BCUT2D eigenvalue weighted by atomic mass is 16.5. The minimum Gasteiger partial charge on any atom is -0.497 e. The van der Waals surface area contributed by atoms with Gasteiger partial charge >= 0.3 is 0 Å². The van der Waals surface area contributed by atoms with E-state index in [1.54, 1.807) is 14.2 Å². The second-order valence-electron chi connectivity index (χ2n) is 13.4. The van der Waals surface area contributed by atoms with E-state index in [0.29, 0.717) is 0 Å². The second kappa shape index (κ2) is 16.1. The number of unbranched alkanes of at least 4 members (excludes halogenated alkanes) is 8. The van der Waals surface area contributed by atoms with Gasteiger partial charge in [-0.25, -0.2) is 20.0 Å². The topological polar surface area (TPSA) is 67.9 Å². The Morgan fingerprint density at radius 2 is 1.06 bits per heavy atom. The summed E-state index contributed by atoms with van der Waals surface area (Å²) in [6, 6.07) is 16.3. The summed E-state index contributed by atoms with van der Waals surface area (Å²) in [5.41, 5.74) is 12.2. The van der Waals surface area contributed by atoms with Gasteiger partial charge in [-0.15, -0.1) is 0 Å². The van der Waals surface area contributed by atoms with Crippen molar-refractivity contribution in [3.8, 4) is 11.5 Å². The Kier molecular flexibility index (Phi) is 10.8. The third-order valence-electron chi connectivity index (χ3n) is 9.79. The van der Waals surface area contributed by atoms with Crippen molar-refractivity contribution in [2.75, 3.05) is 14.2 Å². The molecule has 7 rings (SSSR count). The molecule has 8 bridgehead atoms. The highest BCUT2D eigenvalue weighted by Crippen LogP contribution is 2.36. The van der Waals surface area contributed by atoms with Crippen LogP contribution in [0.3, 0.4) is 0 Å². The zero-order chi connectivity index (χ0) is 35.0. The lowest BCUT2D eigenvalue weighted by molar-refractivity contribution is 0.414. The average molecular weight is 675 g/mol. The van der Waals surface area contributed by atoms with E-state index in [9.17, 15) is 0 Å². The summed E-state index contributed by atoms with van der Waals surface area (Å²) in [4.78, 5) is 20.9. The van der Waals surface area contributed by atoms with E-state index in [0.717, 1.165) is 97.8 Å². The molecule has 0 unspecified atom stereocenters. The average Bonchev–Trinajstić information content (AvgIpc) is 4.00. The van der Waals surface area contributed by atoms with E-state index in [1.807, 2.05) is 42.5 Å². The van der Waals surface area contributed by atoms with E-state index in [1.165, 1.54) is 51.4 Å². The second-order valence-corrected chi connectivity index (χ2v) is 13.4. The molecule has 6 heteroatoms. The van der Waals surface area contributed by atoms with Crippen molar-refractivity contribution in [2.24, 2.45) is 20.0 Å². The van der Waals surface area contributed by atoms with E-state index >= 15 is 0 Å². The molecule has 0 saturated heterocycles. The van der Waals surface area contributed by atoms with Gasteiger partial charge in [0.15, 0.2) is 0 Å². The molecule has 0 fully saturated rings. The first-order valence-electron chi connectivity index (χ1n) is 18.4. The maximum absolute atomic E-state index is 5.62. The first-order valence-corrected chi connectivity index (χ1v) is 18.4. The fraction of sp³-hybridized carbons (Fsp3) is 0.289. The minimum atomic E-state index is 0.792. The molecule has 0 radical (unpaired) electrons.